The van der Waals surface area contributed by atoms with Crippen molar-refractivity contribution in [2.45, 2.75) is 6.92 Å². The van der Waals surface area contributed by atoms with Gasteiger partial charge in [-0.25, -0.2) is 4.98 Å². The molecule has 1 amide bonds. The topological polar surface area (TPSA) is 96.5 Å². The van der Waals surface area contributed by atoms with Crippen molar-refractivity contribution in [1.29, 1.82) is 0 Å². The molecule has 1 saturated heterocycles. The van der Waals surface area contributed by atoms with E-state index in [1.54, 1.807) is 24.0 Å². The van der Waals surface area contributed by atoms with Gasteiger partial charge in [-0.3, -0.25) is 9.59 Å². The minimum absolute atomic E-state index is 0.0105. The molecule has 1 fully saturated rings. The van der Waals surface area contributed by atoms with Crippen LogP contribution in [-0.4, -0.2) is 40.0 Å². The van der Waals surface area contributed by atoms with Crippen LogP contribution >= 0.6 is 0 Å². The number of carbonyl (C=O) groups is 2. The Balaban J connectivity index is 1.99. The molecule has 1 aromatic rings. The van der Waals surface area contributed by atoms with Gasteiger partial charge in [-0.05, 0) is 12.1 Å². The Bertz CT molecular complexity index is 483. The van der Waals surface area contributed by atoms with E-state index in [2.05, 4.69) is 4.98 Å². The number of aliphatic carboxylic acids is 1. The molecule has 1 aromatic heterocycles. The van der Waals surface area contributed by atoms with Crippen LogP contribution in [0.4, 0.5) is 5.69 Å². The fraction of sp³-hybridized carbons (Fsp3) is 0.417. The Morgan fingerprint density at radius 2 is 2.22 bits per heavy atom. The Labute approximate surface area is 104 Å². The molecule has 1 aliphatic heterocycles. The fourth-order valence-electron chi connectivity index (χ4n) is 1.94. The molecule has 18 heavy (non-hydrogen) atoms. The van der Waals surface area contributed by atoms with Crippen molar-refractivity contribution in [1.82, 2.24) is 9.88 Å². The van der Waals surface area contributed by atoms with Gasteiger partial charge >= 0.3 is 5.97 Å². The first-order valence-electron chi connectivity index (χ1n) is 5.73. The molecule has 0 aromatic carbocycles. The normalized spacial score (nSPS) is 17.1. The molecule has 0 aliphatic carbocycles. The van der Waals surface area contributed by atoms with Crippen molar-refractivity contribution in [3.8, 4) is 0 Å². The summed E-state index contributed by atoms with van der Waals surface area (Å²) in [7, 11) is 0. The highest BCUT2D eigenvalue weighted by Gasteiger charge is 2.38. The molecule has 1 atom stereocenters. The molecule has 3 N–H and O–H groups in total. The van der Waals surface area contributed by atoms with E-state index >= 15 is 0 Å². The zero-order valence-corrected chi connectivity index (χ0v) is 10.0. The number of likely N-dealkylation sites (tertiary alicyclic amines) is 1. The molecule has 0 bridgehead atoms. The third-order valence-electron chi connectivity index (χ3n) is 3.34. The lowest BCUT2D eigenvalue weighted by molar-refractivity contribution is -0.144. The molecule has 6 nitrogen and oxygen atoms in total. The summed E-state index contributed by atoms with van der Waals surface area (Å²) in [5.41, 5.74) is 6.26. The Morgan fingerprint density at radius 3 is 2.78 bits per heavy atom. The van der Waals surface area contributed by atoms with Gasteiger partial charge in [0, 0.05) is 25.2 Å². The average molecular weight is 249 g/mol. The lowest BCUT2D eigenvalue weighted by atomic mass is 9.87. The van der Waals surface area contributed by atoms with E-state index < -0.39 is 11.9 Å². The number of carbonyl (C=O) groups excluding carboxylic acids is 1. The number of pyridine rings is 1. The van der Waals surface area contributed by atoms with Gasteiger partial charge in [0.2, 0.25) is 0 Å². The second-order valence-electron chi connectivity index (χ2n) is 4.54. The number of carboxylic acid groups (broad SMARTS) is 1. The molecule has 6 heteroatoms. The monoisotopic (exact) mass is 249 g/mol. The number of aromatic nitrogens is 1. The van der Waals surface area contributed by atoms with Crippen LogP contribution in [0.3, 0.4) is 0 Å². The zero-order chi connectivity index (χ0) is 13.3. The molecule has 0 spiro atoms. The molecule has 2 heterocycles. The Hall–Kier alpha value is -2.11. The highest BCUT2D eigenvalue weighted by atomic mass is 16.4. The highest BCUT2D eigenvalue weighted by molar-refractivity contribution is 5.97. The highest BCUT2D eigenvalue weighted by Crippen LogP contribution is 2.26. The molecule has 1 aliphatic rings. The summed E-state index contributed by atoms with van der Waals surface area (Å²) in [4.78, 5) is 28.3. The molecule has 96 valence electrons. The maximum Gasteiger partial charge on any atom is 0.306 e. The molecular weight excluding hydrogens is 234 g/mol. The third kappa shape index (κ3) is 2.13. The standard InChI is InChI=1S/C12H15N3O3/c1-7(12(17)18)8-5-15(6-8)11(16)10-9(13)3-2-4-14-10/h2-4,7-8H,5-6,13H2,1H3,(H,17,18). The van der Waals surface area contributed by atoms with Gasteiger partial charge in [-0.1, -0.05) is 6.92 Å². The number of rotatable bonds is 3. The second-order valence-corrected chi connectivity index (χ2v) is 4.54. The minimum Gasteiger partial charge on any atom is -0.481 e. The van der Waals surface area contributed by atoms with Gasteiger partial charge in [-0.2, -0.15) is 0 Å². The SMILES string of the molecule is CC(C(=O)O)C1CN(C(=O)c2ncccc2N)C1. The van der Waals surface area contributed by atoms with Gasteiger partial charge in [0.25, 0.3) is 5.91 Å². The van der Waals surface area contributed by atoms with Gasteiger partial charge in [0.15, 0.2) is 5.69 Å². The number of hydrogen-bond acceptors (Lipinski definition) is 4. The molecule has 1 unspecified atom stereocenters. The summed E-state index contributed by atoms with van der Waals surface area (Å²) >= 11 is 0. The van der Waals surface area contributed by atoms with E-state index in [-0.39, 0.29) is 17.5 Å². The number of anilines is 1. The summed E-state index contributed by atoms with van der Waals surface area (Å²) < 4.78 is 0. The average Bonchev–Trinajstić information content (AvgIpc) is 2.27. The number of hydrogen-bond donors (Lipinski definition) is 2. The lowest BCUT2D eigenvalue weighted by Crippen LogP contribution is -2.53. The number of amides is 1. The summed E-state index contributed by atoms with van der Waals surface area (Å²) in [6.07, 6.45) is 1.51. The smallest absolute Gasteiger partial charge is 0.306 e. The number of nitrogens with two attached hydrogens (primary N) is 1. The Kier molecular flexibility index (Phi) is 3.18. The van der Waals surface area contributed by atoms with Crippen molar-refractivity contribution in [2.24, 2.45) is 11.8 Å². The molecule has 2 rings (SSSR count). The molecule has 0 saturated carbocycles. The number of nitrogen functional groups attached to an aromatic ring is 1. The van der Waals surface area contributed by atoms with E-state index in [1.165, 1.54) is 6.20 Å². The van der Waals surface area contributed by atoms with Crippen LogP contribution in [0.2, 0.25) is 0 Å². The first-order valence-corrected chi connectivity index (χ1v) is 5.73. The van der Waals surface area contributed by atoms with Crippen molar-refractivity contribution in [2.75, 3.05) is 18.8 Å². The van der Waals surface area contributed by atoms with E-state index in [4.69, 9.17) is 10.8 Å². The quantitative estimate of drug-likeness (QED) is 0.811. The first kappa shape index (κ1) is 12.3. The van der Waals surface area contributed by atoms with E-state index in [0.717, 1.165) is 0 Å². The predicted octanol–water partition coefficient (Wildman–Crippen LogP) is 0.456. The van der Waals surface area contributed by atoms with Crippen molar-refractivity contribution >= 4 is 17.6 Å². The largest absolute Gasteiger partial charge is 0.481 e. The van der Waals surface area contributed by atoms with E-state index in [1.807, 2.05) is 0 Å². The maximum atomic E-state index is 12.0. The summed E-state index contributed by atoms with van der Waals surface area (Å²) in [6, 6.07) is 3.29. The number of nitrogens with zero attached hydrogens (tertiary/aromatic N) is 2. The van der Waals surface area contributed by atoms with Gasteiger partial charge in [-0.15, -0.1) is 0 Å². The summed E-state index contributed by atoms with van der Waals surface area (Å²) in [5.74, 6) is -1.49. The van der Waals surface area contributed by atoms with Crippen LogP contribution in [0.1, 0.15) is 17.4 Å². The van der Waals surface area contributed by atoms with Crippen molar-refractivity contribution < 1.29 is 14.7 Å². The van der Waals surface area contributed by atoms with Crippen LogP contribution in [0.15, 0.2) is 18.3 Å². The van der Waals surface area contributed by atoms with Crippen molar-refractivity contribution in [3.63, 3.8) is 0 Å². The van der Waals surface area contributed by atoms with Gasteiger partial charge < -0.3 is 15.7 Å². The lowest BCUT2D eigenvalue weighted by Gasteiger charge is -2.41. The minimum atomic E-state index is -0.829. The van der Waals surface area contributed by atoms with Gasteiger partial charge in [0.1, 0.15) is 0 Å². The van der Waals surface area contributed by atoms with Crippen LogP contribution < -0.4 is 5.73 Å². The van der Waals surface area contributed by atoms with Crippen LogP contribution in [0, 0.1) is 11.8 Å². The van der Waals surface area contributed by atoms with Crippen LogP contribution in [0.5, 0.6) is 0 Å². The van der Waals surface area contributed by atoms with Gasteiger partial charge in [0.05, 0.1) is 11.6 Å². The van der Waals surface area contributed by atoms with Crippen LogP contribution in [0.25, 0.3) is 0 Å². The van der Waals surface area contributed by atoms with E-state index in [0.29, 0.717) is 18.8 Å². The first-order chi connectivity index (χ1) is 8.50. The number of carboxylic acids is 1. The Morgan fingerprint density at radius 1 is 1.56 bits per heavy atom. The molecule has 0 radical (unpaired) electrons. The third-order valence-corrected chi connectivity index (χ3v) is 3.34. The zero-order valence-electron chi connectivity index (χ0n) is 10.0. The maximum absolute atomic E-state index is 12.0. The second kappa shape index (κ2) is 4.64. The summed E-state index contributed by atoms with van der Waals surface area (Å²) in [6.45, 7) is 2.55. The summed E-state index contributed by atoms with van der Waals surface area (Å²) in [5, 5.41) is 8.87. The fourth-order valence-corrected chi connectivity index (χ4v) is 1.94. The van der Waals surface area contributed by atoms with Crippen molar-refractivity contribution in [3.05, 3.63) is 24.0 Å². The van der Waals surface area contributed by atoms with E-state index in [9.17, 15) is 9.59 Å². The van der Waals surface area contributed by atoms with Crippen LogP contribution in [-0.2, 0) is 4.79 Å². The molecular formula is C12H15N3O3. The predicted molar refractivity (Wildman–Crippen MR) is 64.8 cm³/mol.